The molecule has 2 N–H and O–H groups in total. The van der Waals surface area contributed by atoms with Crippen molar-refractivity contribution >= 4 is 43.4 Å². The van der Waals surface area contributed by atoms with Crippen molar-refractivity contribution in [2.75, 3.05) is 5.73 Å². The summed E-state index contributed by atoms with van der Waals surface area (Å²) in [5, 5.41) is 5.53. The van der Waals surface area contributed by atoms with Crippen LogP contribution in [-0.2, 0) is 6.42 Å². The lowest BCUT2D eigenvalue weighted by Gasteiger charge is -2.05. The summed E-state index contributed by atoms with van der Waals surface area (Å²) >= 11 is 5.20. The van der Waals surface area contributed by atoms with Crippen LogP contribution in [0.5, 0.6) is 0 Å². The van der Waals surface area contributed by atoms with E-state index in [2.05, 4.69) is 44.0 Å². The lowest BCUT2D eigenvalue weighted by molar-refractivity contribution is 0.812. The van der Waals surface area contributed by atoms with E-state index in [0.717, 1.165) is 38.3 Å². The molecule has 20 heavy (non-hydrogen) atoms. The number of nitrogens with two attached hydrogens (primary N) is 1. The highest BCUT2D eigenvalue weighted by atomic mass is 79.9. The van der Waals surface area contributed by atoms with E-state index in [0.29, 0.717) is 0 Å². The van der Waals surface area contributed by atoms with Crippen molar-refractivity contribution in [3.8, 4) is 5.82 Å². The number of aryl methyl sites for hydroxylation is 2. The zero-order chi connectivity index (χ0) is 14.4. The summed E-state index contributed by atoms with van der Waals surface area (Å²) in [6.07, 6.45) is 0.973. The van der Waals surface area contributed by atoms with Gasteiger partial charge in [0.05, 0.1) is 21.2 Å². The molecule has 3 aromatic rings. The molecule has 3 rings (SSSR count). The van der Waals surface area contributed by atoms with Crippen molar-refractivity contribution in [3.63, 3.8) is 0 Å². The van der Waals surface area contributed by atoms with E-state index in [1.165, 1.54) is 4.88 Å². The number of thiophene rings is 1. The second-order valence-corrected chi connectivity index (χ2v) is 6.50. The summed E-state index contributed by atoms with van der Waals surface area (Å²) in [6, 6.07) is 2.12. The van der Waals surface area contributed by atoms with E-state index in [-0.39, 0.29) is 5.95 Å². The molecule has 0 saturated carbocycles. The van der Waals surface area contributed by atoms with Crippen molar-refractivity contribution < 1.29 is 0 Å². The first-order chi connectivity index (χ1) is 9.51. The molecule has 3 aromatic heterocycles. The van der Waals surface area contributed by atoms with Crippen molar-refractivity contribution in [3.05, 3.63) is 26.8 Å². The molecule has 5 nitrogen and oxygen atoms in total. The summed E-state index contributed by atoms with van der Waals surface area (Å²) in [5.41, 5.74) is 7.77. The minimum absolute atomic E-state index is 0.278. The monoisotopic (exact) mass is 351 g/mol. The van der Waals surface area contributed by atoms with Crippen LogP contribution in [0, 0.1) is 13.8 Å². The molecule has 0 amide bonds. The maximum Gasteiger partial charge on any atom is 0.223 e. The van der Waals surface area contributed by atoms with Gasteiger partial charge in [-0.3, -0.25) is 0 Å². The van der Waals surface area contributed by atoms with Gasteiger partial charge < -0.3 is 5.73 Å². The zero-order valence-electron chi connectivity index (χ0n) is 11.4. The smallest absolute Gasteiger partial charge is 0.223 e. The number of fused-ring (bicyclic) bond motifs is 1. The number of halogens is 1. The molecule has 0 radical (unpaired) electrons. The van der Waals surface area contributed by atoms with Gasteiger partial charge in [-0.15, -0.1) is 11.3 Å². The average Bonchev–Trinajstić information content (AvgIpc) is 2.94. The quantitative estimate of drug-likeness (QED) is 0.767. The number of aromatic nitrogens is 4. The molecule has 0 fully saturated rings. The fourth-order valence-corrected chi connectivity index (χ4v) is 3.35. The van der Waals surface area contributed by atoms with Crippen LogP contribution < -0.4 is 5.73 Å². The standard InChI is InChI=1S/C13H14BrN5S/c1-4-8-5-9-11(16-13(15)17-12(9)20-8)19-7(3)10(14)6(2)18-19/h5H,4H2,1-3H3,(H2,15,16,17). The molecule has 104 valence electrons. The van der Waals surface area contributed by atoms with Crippen molar-refractivity contribution in [2.24, 2.45) is 0 Å². The largest absolute Gasteiger partial charge is 0.368 e. The lowest BCUT2D eigenvalue weighted by Crippen LogP contribution is -2.06. The van der Waals surface area contributed by atoms with Crippen molar-refractivity contribution in [1.29, 1.82) is 0 Å². The van der Waals surface area contributed by atoms with Crippen LogP contribution in [0.15, 0.2) is 10.5 Å². The Morgan fingerprint density at radius 2 is 2.10 bits per heavy atom. The van der Waals surface area contributed by atoms with Gasteiger partial charge in [0.2, 0.25) is 5.95 Å². The van der Waals surface area contributed by atoms with Gasteiger partial charge >= 0.3 is 0 Å². The van der Waals surface area contributed by atoms with Gasteiger partial charge in [0, 0.05) is 4.88 Å². The molecule has 0 atom stereocenters. The molecule has 0 aliphatic carbocycles. The number of rotatable bonds is 2. The van der Waals surface area contributed by atoms with Crippen molar-refractivity contribution in [2.45, 2.75) is 27.2 Å². The van der Waals surface area contributed by atoms with Gasteiger partial charge in [0.15, 0.2) is 5.82 Å². The minimum Gasteiger partial charge on any atom is -0.368 e. The number of nitrogens with zero attached hydrogens (tertiary/aromatic N) is 4. The fraction of sp³-hybridized carbons (Fsp3) is 0.308. The number of nitrogen functional groups attached to an aromatic ring is 1. The molecule has 0 saturated heterocycles. The predicted octanol–water partition coefficient (Wildman–Crippen LogP) is 3.40. The maximum absolute atomic E-state index is 5.84. The molecule has 7 heteroatoms. The first kappa shape index (κ1) is 13.5. The minimum atomic E-state index is 0.278. The molecule has 0 aromatic carbocycles. The van der Waals surface area contributed by atoms with E-state index < -0.39 is 0 Å². The molecule has 0 aliphatic heterocycles. The Labute approximate surface area is 129 Å². The summed E-state index contributed by atoms with van der Waals surface area (Å²) in [5.74, 6) is 1.02. The van der Waals surface area contributed by atoms with Crippen LogP contribution >= 0.6 is 27.3 Å². The van der Waals surface area contributed by atoms with Crippen LogP contribution in [0.25, 0.3) is 16.0 Å². The van der Waals surface area contributed by atoms with E-state index in [9.17, 15) is 0 Å². The van der Waals surface area contributed by atoms with Crippen LogP contribution in [0.1, 0.15) is 23.2 Å². The normalized spacial score (nSPS) is 11.4. The second-order valence-electron chi connectivity index (χ2n) is 4.59. The molecule has 0 spiro atoms. The fourth-order valence-electron chi connectivity index (χ4n) is 2.14. The SMILES string of the molecule is CCc1cc2c(-n3nc(C)c(Br)c3C)nc(N)nc2s1. The van der Waals surface area contributed by atoms with Crippen LogP contribution in [0.2, 0.25) is 0 Å². The van der Waals surface area contributed by atoms with Gasteiger partial charge in [-0.1, -0.05) is 6.92 Å². The third-order valence-electron chi connectivity index (χ3n) is 3.19. The molecule has 3 heterocycles. The van der Waals surface area contributed by atoms with Crippen LogP contribution in [0.4, 0.5) is 5.95 Å². The van der Waals surface area contributed by atoms with E-state index in [1.54, 1.807) is 11.3 Å². The Hall–Kier alpha value is -1.47. The average molecular weight is 352 g/mol. The summed E-state index contributed by atoms with van der Waals surface area (Å²) < 4.78 is 2.82. The highest BCUT2D eigenvalue weighted by Gasteiger charge is 2.17. The number of hydrogen-bond acceptors (Lipinski definition) is 5. The van der Waals surface area contributed by atoms with E-state index >= 15 is 0 Å². The van der Waals surface area contributed by atoms with E-state index in [1.807, 2.05) is 18.5 Å². The Morgan fingerprint density at radius 3 is 2.70 bits per heavy atom. The summed E-state index contributed by atoms with van der Waals surface area (Å²) in [7, 11) is 0. The van der Waals surface area contributed by atoms with Gasteiger partial charge in [-0.2, -0.15) is 10.1 Å². The highest BCUT2D eigenvalue weighted by molar-refractivity contribution is 9.10. The van der Waals surface area contributed by atoms with Crippen molar-refractivity contribution in [1.82, 2.24) is 19.7 Å². The second kappa shape index (κ2) is 4.82. The molecule has 0 bridgehead atoms. The van der Waals surface area contributed by atoms with Gasteiger partial charge in [-0.25, -0.2) is 9.67 Å². The van der Waals surface area contributed by atoms with Gasteiger partial charge in [0.25, 0.3) is 0 Å². The topological polar surface area (TPSA) is 69.6 Å². The van der Waals surface area contributed by atoms with E-state index in [4.69, 9.17) is 5.73 Å². The Bertz CT molecular complexity index is 805. The lowest BCUT2D eigenvalue weighted by atomic mass is 10.3. The molecular formula is C13H14BrN5S. The first-order valence-corrected chi connectivity index (χ1v) is 7.90. The zero-order valence-corrected chi connectivity index (χ0v) is 13.8. The summed E-state index contributed by atoms with van der Waals surface area (Å²) in [4.78, 5) is 10.9. The maximum atomic E-state index is 5.84. The third-order valence-corrected chi connectivity index (χ3v) is 5.51. The van der Waals surface area contributed by atoms with Crippen LogP contribution in [-0.4, -0.2) is 19.7 Å². The Kier molecular flexibility index (Phi) is 3.25. The summed E-state index contributed by atoms with van der Waals surface area (Å²) in [6.45, 7) is 6.09. The van der Waals surface area contributed by atoms with Gasteiger partial charge in [-0.05, 0) is 42.3 Å². The molecule has 0 unspecified atom stereocenters. The number of hydrogen-bond donors (Lipinski definition) is 1. The Balaban J connectivity index is 2.34. The molecule has 0 aliphatic rings. The van der Waals surface area contributed by atoms with Gasteiger partial charge in [0.1, 0.15) is 4.83 Å². The third kappa shape index (κ3) is 2.01. The first-order valence-electron chi connectivity index (χ1n) is 6.29. The predicted molar refractivity (Wildman–Crippen MR) is 85.5 cm³/mol. The Morgan fingerprint density at radius 1 is 1.35 bits per heavy atom. The number of anilines is 1. The highest BCUT2D eigenvalue weighted by Crippen LogP contribution is 2.31. The molecular weight excluding hydrogens is 338 g/mol. The van der Waals surface area contributed by atoms with Crippen LogP contribution in [0.3, 0.4) is 0 Å².